The average molecular weight is 315 g/mol. The molecule has 1 aliphatic heterocycles. The maximum Gasteiger partial charge on any atom is 0.492 e. The van der Waals surface area contributed by atoms with Gasteiger partial charge in [0.15, 0.2) is 0 Å². The Bertz CT molecular complexity index is 606. The molecule has 0 atom stereocenters. The molecule has 23 heavy (non-hydrogen) atoms. The molecule has 2 rings (SSSR count). The van der Waals surface area contributed by atoms with Gasteiger partial charge < -0.3 is 14.6 Å². The summed E-state index contributed by atoms with van der Waals surface area (Å²) in [6, 6.07) is 8.20. The lowest BCUT2D eigenvalue weighted by Gasteiger charge is -2.32. The van der Waals surface area contributed by atoms with E-state index in [2.05, 4.69) is 24.4 Å². The van der Waals surface area contributed by atoms with Gasteiger partial charge in [-0.15, -0.1) is 0 Å². The Hall–Kier alpha value is -1.59. The topological polar surface area (TPSA) is 47.6 Å². The van der Waals surface area contributed by atoms with Gasteiger partial charge in [0.1, 0.15) is 0 Å². The molecule has 4 nitrogen and oxygen atoms in total. The number of rotatable bonds is 4. The van der Waals surface area contributed by atoms with Gasteiger partial charge in [0, 0.05) is 13.5 Å². The van der Waals surface area contributed by atoms with E-state index in [4.69, 9.17) is 9.31 Å². The Morgan fingerprint density at radius 2 is 1.83 bits per heavy atom. The van der Waals surface area contributed by atoms with Crippen molar-refractivity contribution < 1.29 is 14.1 Å². The van der Waals surface area contributed by atoms with Gasteiger partial charge in [-0.3, -0.25) is 4.79 Å². The molecular weight excluding hydrogens is 289 g/mol. The van der Waals surface area contributed by atoms with Crippen LogP contribution in [0.2, 0.25) is 0 Å². The zero-order valence-corrected chi connectivity index (χ0v) is 14.9. The molecule has 0 aromatic heterocycles. The molecule has 0 spiro atoms. The Labute approximate surface area is 139 Å². The summed E-state index contributed by atoms with van der Waals surface area (Å²) in [7, 11) is -0.465. The molecule has 0 radical (unpaired) electrons. The van der Waals surface area contributed by atoms with Crippen LogP contribution in [0, 0.1) is 6.92 Å². The van der Waals surface area contributed by atoms with Crippen LogP contribution in [0.4, 0.5) is 0 Å². The SMILES string of the molecule is CC(=O)NCC(=Cc1cccc(C)c1)B1OC(C)(C)C(C)(C)O1. The summed E-state index contributed by atoms with van der Waals surface area (Å²) in [6.07, 6.45) is 2.03. The molecule has 5 heteroatoms. The first kappa shape index (κ1) is 17.8. The highest BCUT2D eigenvalue weighted by molar-refractivity contribution is 6.56. The van der Waals surface area contributed by atoms with Crippen LogP contribution in [0.3, 0.4) is 0 Å². The van der Waals surface area contributed by atoms with Crippen LogP contribution in [0.25, 0.3) is 6.08 Å². The first-order valence-electron chi connectivity index (χ1n) is 7.98. The van der Waals surface area contributed by atoms with Gasteiger partial charge in [-0.25, -0.2) is 0 Å². The highest BCUT2D eigenvalue weighted by Crippen LogP contribution is 2.38. The number of aryl methyl sites for hydroxylation is 1. The van der Waals surface area contributed by atoms with Crippen LogP contribution in [0.5, 0.6) is 0 Å². The van der Waals surface area contributed by atoms with Crippen LogP contribution in [-0.2, 0) is 14.1 Å². The summed E-state index contributed by atoms with van der Waals surface area (Å²) in [5.74, 6) is -0.0725. The van der Waals surface area contributed by atoms with Gasteiger partial charge in [-0.1, -0.05) is 35.9 Å². The number of carbonyl (C=O) groups excluding carboxylic acids is 1. The van der Waals surface area contributed by atoms with Crippen molar-refractivity contribution in [3.05, 3.63) is 40.9 Å². The molecule has 1 aliphatic rings. The van der Waals surface area contributed by atoms with Crippen molar-refractivity contribution >= 4 is 19.1 Å². The second kappa shape index (κ2) is 6.50. The Balaban J connectivity index is 2.30. The molecule has 1 N–H and O–H groups in total. The lowest BCUT2D eigenvalue weighted by Crippen LogP contribution is -2.41. The van der Waals surface area contributed by atoms with Crippen molar-refractivity contribution in [2.45, 2.75) is 52.7 Å². The normalized spacial score (nSPS) is 19.7. The van der Waals surface area contributed by atoms with Gasteiger partial charge in [0.25, 0.3) is 0 Å². The Morgan fingerprint density at radius 1 is 1.22 bits per heavy atom. The number of amides is 1. The first-order chi connectivity index (χ1) is 10.6. The van der Waals surface area contributed by atoms with Crippen molar-refractivity contribution in [2.24, 2.45) is 0 Å². The number of carbonyl (C=O) groups is 1. The van der Waals surface area contributed by atoms with Crippen LogP contribution in [-0.4, -0.2) is 30.8 Å². The van der Waals surface area contributed by atoms with Gasteiger partial charge in [0.2, 0.25) is 5.91 Å². The number of benzene rings is 1. The molecule has 1 heterocycles. The minimum Gasteiger partial charge on any atom is -0.400 e. The monoisotopic (exact) mass is 315 g/mol. The van der Waals surface area contributed by atoms with E-state index < -0.39 is 18.3 Å². The standard InChI is InChI=1S/C18H26BNO3/c1-13-8-7-9-15(10-13)11-16(12-20-14(2)21)19-22-17(3,4)18(5,6)23-19/h7-11H,12H2,1-6H3,(H,20,21). The average Bonchev–Trinajstić information content (AvgIpc) is 2.63. The number of hydrogen-bond acceptors (Lipinski definition) is 3. The van der Waals surface area contributed by atoms with E-state index in [-0.39, 0.29) is 5.91 Å². The lowest BCUT2D eigenvalue weighted by molar-refractivity contribution is -0.118. The molecule has 1 aromatic carbocycles. The summed E-state index contributed by atoms with van der Waals surface area (Å²) in [5, 5.41) is 2.84. The number of nitrogens with one attached hydrogen (secondary N) is 1. The second-order valence-corrected chi connectivity index (χ2v) is 7.13. The van der Waals surface area contributed by atoms with Crippen molar-refractivity contribution in [1.29, 1.82) is 0 Å². The van der Waals surface area contributed by atoms with Gasteiger partial charge in [-0.05, 0) is 45.7 Å². The van der Waals surface area contributed by atoms with E-state index in [0.717, 1.165) is 11.0 Å². The summed E-state index contributed by atoms with van der Waals surface area (Å²) in [4.78, 5) is 11.3. The first-order valence-corrected chi connectivity index (χ1v) is 7.98. The smallest absolute Gasteiger partial charge is 0.400 e. The molecule has 1 saturated heterocycles. The highest BCUT2D eigenvalue weighted by atomic mass is 16.7. The molecular formula is C18H26BNO3. The van der Waals surface area contributed by atoms with Crippen LogP contribution in [0.15, 0.2) is 29.7 Å². The van der Waals surface area contributed by atoms with Crippen molar-refractivity contribution in [1.82, 2.24) is 5.32 Å². The van der Waals surface area contributed by atoms with Crippen LogP contribution < -0.4 is 5.32 Å². The van der Waals surface area contributed by atoms with Crippen molar-refractivity contribution in [3.8, 4) is 0 Å². The molecule has 0 saturated carbocycles. The summed E-state index contributed by atoms with van der Waals surface area (Å²) >= 11 is 0. The summed E-state index contributed by atoms with van der Waals surface area (Å²) in [6.45, 7) is 12.1. The zero-order chi connectivity index (χ0) is 17.3. The minimum atomic E-state index is -0.465. The Morgan fingerprint density at radius 3 is 2.35 bits per heavy atom. The van der Waals surface area contributed by atoms with Crippen molar-refractivity contribution in [2.75, 3.05) is 6.54 Å². The third kappa shape index (κ3) is 4.24. The lowest BCUT2D eigenvalue weighted by atomic mass is 9.77. The fourth-order valence-corrected chi connectivity index (χ4v) is 2.40. The fourth-order valence-electron chi connectivity index (χ4n) is 2.40. The highest BCUT2D eigenvalue weighted by Gasteiger charge is 2.52. The van der Waals surface area contributed by atoms with E-state index in [1.54, 1.807) is 0 Å². The second-order valence-electron chi connectivity index (χ2n) is 7.13. The van der Waals surface area contributed by atoms with E-state index >= 15 is 0 Å². The predicted octanol–water partition coefficient (Wildman–Crippen LogP) is 3.15. The molecule has 124 valence electrons. The third-order valence-electron chi connectivity index (χ3n) is 4.49. The molecule has 0 unspecified atom stereocenters. The maximum atomic E-state index is 11.3. The van der Waals surface area contributed by atoms with E-state index in [9.17, 15) is 4.79 Å². The minimum absolute atomic E-state index is 0.0725. The molecule has 0 aliphatic carbocycles. The van der Waals surface area contributed by atoms with Gasteiger partial charge in [-0.2, -0.15) is 0 Å². The largest absolute Gasteiger partial charge is 0.492 e. The third-order valence-corrected chi connectivity index (χ3v) is 4.49. The quantitative estimate of drug-likeness (QED) is 0.868. The number of hydrogen-bond donors (Lipinski definition) is 1. The van der Waals surface area contributed by atoms with Gasteiger partial charge >= 0.3 is 7.12 Å². The summed E-state index contributed by atoms with van der Waals surface area (Å²) in [5.41, 5.74) is 2.36. The van der Waals surface area contributed by atoms with E-state index in [1.165, 1.54) is 12.5 Å². The molecule has 1 amide bonds. The van der Waals surface area contributed by atoms with E-state index in [0.29, 0.717) is 6.54 Å². The van der Waals surface area contributed by atoms with E-state index in [1.807, 2.05) is 45.9 Å². The predicted molar refractivity (Wildman–Crippen MR) is 93.9 cm³/mol. The molecule has 0 bridgehead atoms. The maximum absolute atomic E-state index is 11.3. The molecule has 1 fully saturated rings. The molecule has 1 aromatic rings. The van der Waals surface area contributed by atoms with Crippen molar-refractivity contribution in [3.63, 3.8) is 0 Å². The zero-order valence-electron chi connectivity index (χ0n) is 14.9. The fraction of sp³-hybridized carbons (Fsp3) is 0.500. The summed E-state index contributed by atoms with van der Waals surface area (Å²) < 4.78 is 12.2. The van der Waals surface area contributed by atoms with Crippen LogP contribution in [0.1, 0.15) is 45.7 Å². The van der Waals surface area contributed by atoms with Gasteiger partial charge in [0.05, 0.1) is 11.2 Å². The Kier molecular flexibility index (Phi) is 5.02. The van der Waals surface area contributed by atoms with Crippen LogP contribution >= 0.6 is 0 Å².